The minimum absolute atomic E-state index is 1.05. The molecule has 0 nitrogen and oxygen atoms in total. The Morgan fingerprint density at radius 1 is 0.368 bits per heavy atom. The van der Waals surface area contributed by atoms with Gasteiger partial charge in [0.05, 0.1) is 0 Å². The summed E-state index contributed by atoms with van der Waals surface area (Å²) >= 11 is -1.05. The van der Waals surface area contributed by atoms with E-state index in [2.05, 4.69) is 91.0 Å². The van der Waals surface area contributed by atoms with E-state index in [4.69, 9.17) is 0 Å². The fourth-order valence-electron chi connectivity index (χ4n) is 1.84. The summed E-state index contributed by atoms with van der Waals surface area (Å²) in [6.07, 6.45) is 0. The van der Waals surface area contributed by atoms with E-state index in [0.29, 0.717) is 0 Å². The molecule has 3 aromatic carbocycles. The summed E-state index contributed by atoms with van der Waals surface area (Å²) in [5.74, 6) is 0. The molecule has 0 fully saturated rings. The topological polar surface area (TPSA) is 0 Å². The molecule has 0 heterocycles. The molecule has 0 spiro atoms. The maximum atomic E-state index is 2.25. The van der Waals surface area contributed by atoms with Crippen molar-refractivity contribution in [2.45, 2.75) is 0 Å². The molecule has 19 heavy (non-hydrogen) atoms. The quantitative estimate of drug-likeness (QED) is 0.645. The van der Waals surface area contributed by atoms with Crippen LogP contribution in [0.15, 0.2) is 91.0 Å². The van der Waals surface area contributed by atoms with E-state index in [9.17, 15) is 0 Å². The Hall–Kier alpha value is -1.68. The molecule has 1 heteroatoms. The zero-order chi connectivity index (χ0) is 12.9. The first-order valence-corrected chi connectivity index (χ1v) is 8.54. The molecule has 97 valence electrons. The monoisotopic (exact) mass is 337 g/mol. The number of benzene rings is 3. The van der Waals surface area contributed by atoms with Crippen molar-refractivity contribution >= 4 is 12.1 Å². The standard InChI is InChI=1S/3C6H5.Pd/c3*1-2-4-6-5-3-1;/h3*1-5H;. The van der Waals surface area contributed by atoms with Gasteiger partial charge in [0.2, 0.25) is 0 Å². The second-order valence-corrected chi connectivity index (χ2v) is 7.88. The van der Waals surface area contributed by atoms with Gasteiger partial charge >= 0.3 is 120 Å². The first-order chi connectivity index (χ1) is 9.45. The van der Waals surface area contributed by atoms with Crippen molar-refractivity contribution in [1.29, 1.82) is 0 Å². The van der Waals surface area contributed by atoms with E-state index in [1.54, 1.807) is 0 Å². The summed E-state index contributed by atoms with van der Waals surface area (Å²) < 4.78 is 4.35. The average Bonchev–Trinajstić information content (AvgIpc) is 2.51. The van der Waals surface area contributed by atoms with Gasteiger partial charge in [-0.15, -0.1) is 0 Å². The summed E-state index contributed by atoms with van der Waals surface area (Å²) in [6.45, 7) is 0. The normalized spacial score (nSPS) is 11.1. The molecule has 3 rings (SSSR count). The molecule has 0 aromatic heterocycles. The molecule has 0 atom stereocenters. The third kappa shape index (κ3) is 2.84. The zero-order valence-electron chi connectivity index (χ0n) is 10.5. The summed E-state index contributed by atoms with van der Waals surface area (Å²) in [4.78, 5) is 0. The Labute approximate surface area is 120 Å². The Morgan fingerprint density at radius 2 is 0.632 bits per heavy atom. The van der Waals surface area contributed by atoms with Crippen molar-refractivity contribution in [2.75, 3.05) is 0 Å². The van der Waals surface area contributed by atoms with Crippen LogP contribution in [-0.2, 0) is 16.8 Å². The van der Waals surface area contributed by atoms with Crippen LogP contribution in [0.5, 0.6) is 0 Å². The summed E-state index contributed by atoms with van der Waals surface area (Å²) in [5, 5.41) is 0. The second-order valence-electron chi connectivity index (χ2n) is 4.02. The Balaban J connectivity index is 2.12. The number of hydrogen-bond acceptors (Lipinski definition) is 0. The van der Waals surface area contributed by atoms with Gasteiger partial charge in [-0.3, -0.25) is 0 Å². The van der Waals surface area contributed by atoms with Crippen LogP contribution in [0.1, 0.15) is 0 Å². The van der Waals surface area contributed by atoms with Gasteiger partial charge in [-0.05, 0) is 0 Å². The van der Waals surface area contributed by atoms with Crippen molar-refractivity contribution < 1.29 is 16.8 Å². The van der Waals surface area contributed by atoms with Gasteiger partial charge in [0.25, 0.3) is 0 Å². The Kier molecular flexibility index (Phi) is 3.89. The van der Waals surface area contributed by atoms with Gasteiger partial charge in [0, 0.05) is 0 Å². The molecular weight excluding hydrogens is 323 g/mol. The van der Waals surface area contributed by atoms with Crippen molar-refractivity contribution in [3.05, 3.63) is 91.0 Å². The van der Waals surface area contributed by atoms with Crippen LogP contribution in [0.4, 0.5) is 0 Å². The molecule has 0 amide bonds. The van der Waals surface area contributed by atoms with Gasteiger partial charge in [-0.1, -0.05) is 0 Å². The third-order valence-electron chi connectivity index (χ3n) is 2.69. The van der Waals surface area contributed by atoms with Crippen LogP contribution in [0.3, 0.4) is 0 Å². The third-order valence-corrected chi connectivity index (χ3v) is 6.93. The minimum atomic E-state index is -1.05. The summed E-state index contributed by atoms with van der Waals surface area (Å²) in [6, 6.07) is 32.6. The Bertz CT molecular complexity index is 524. The summed E-state index contributed by atoms with van der Waals surface area (Å²) in [5.41, 5.74) is 0. The van der Waals surface area contributed by atoms with Crippen molar-refractivity contribution in [3.8, 4) is 0 Å². The molecule has 0 bridgehead atoms. The predicted octanol–water partition coefficient (Wildman–Crippen LogP) is 2.58. The van der Waals surface area contributed by atoms with E-state index in [1.165, 1.54) is 12.1 Å². The van der Waals surface area contributed by atoms with Crippen molar-refractivity contribution in [1.82, 2.24) is 0 Å². The predicted molar refractivity (Wildman–Crippen MR) is 78.2 cm³/mol. The fourth-order valence-corrected chi connectivity index (χ4v) is 5.85. The molecule has 0 aliphatic heterocycles. The van der Waals surface area contributed by atoms with Gasteiger partial charge < -0.3 is 0 Å². The molecule has 3 aromatic rings. The molecule has 0 saturated carbocycles. The van der Waals surface area contributed by atoms with Crippen LogP contribution >= 0.6 is 0 Å². The molecule has 0 aliphatic rings. The Morgan fingerprint density at radius 3 is 0.895 bits per heavy atom. The van der Waals surface area contributed by atoms with E-state index in [0.717, 1.165) is 0 Å². The van der Waals surface area contributed by atoms with Gasteiger partial charge in [-0.2, -0.15) is 0 Å². The van der Waals surface area contributed by atoms with Crippen LogP contribution in [-0.4, -0.2) is 0 Å². The van der Waals surface area contributed by atoms with Crippen molar-refractivity contribution in [2.24, 2.45) is 0 Å². The molecular formula is C18H15Pd. The second kappa shape index (κ2) is 5.98. The molecule has 0 N–H and O–H groups in total. The summed E-state index contributed by atoms with van der Waals surface area (Å²) in [7, 11) is 0. The van der Waals surface area contributed by atoms with E-state index in [1.807, 2.05) is 0 Å². The molecule has 0 aliphatic carbocycles. The number of rotatable bonds is 3. The van der Waals surface area contributed by atoms with Crippen LogP contribution in [0.25, 0.3) is 0 Å². The van der Waals surface area contributed by atoms with Gasteiger partial charge in [0.15, 0.2) is 0 Å². The van der Waals surface area contributed by atoms with E-state index in [-0.39, 0.29) is 0 Å². The number of hydrogen-bond donors (Lipinski definition) is 0. The van der Waals surface area contributed by atoms with E-state index >= 15 is 0 Å². The SMILES string of the molecule is c1cc[c]([Pd]([c]2ccccc2)[c]2ccccc2)cc1. The van der Waals surface area contributed by atoms with Gasteiger partial charge in [0.1, 0.15) is 0 Å². The fraction of sp³-hybridized carbons (Fsp3) is 0. The van der Waals surface area contributed by atoms with Crippen molar-refractivity contribution in [3.63, 3.8) is 0 Å². The van der Waals surface area contributed by atoms with Crippen LogP contribution < -0.4 is 12.1 Å². The van der Waals surface area contributed by atoms with Crippen LogP contribution in [0.2, 0.25) is 0 Å². The molecule has 0 radical (unpaired) electrons. The van der Waals surface area contributed by atoms with Gasteiger partial charge in [-0.25, -0.2) is 0 Å². The molecule has 0 unspecified atom stereocenters. The molecule has 0 saturated heterocycles. The first-order valence-electron chi connectivity index (χ1n) is 6.21. The van der Waals surface area contributed by atoms with E-state index < -0.39 is 16.8 Å². The zero-order valence-corrected chi connectivity index (χ0v) is 12.0. The average molecular weight is 338 g/mol. The first kappa shape index (κ1) is 12.4. The maximum absolute atomic E-state index is 2.25. The van der Waals surface area contributed by atoms with Crippen LogP contribution in [0, 0.1) is 0 Å².